The van der Waals surface area contributed by atoms with Crippen LogP contribution in [0.25, 0.3) is 10.2 Å². The molecule has 0 saturated carbocycles. The van der Waals surface area contributed by atoms with Crippen molar-refractivity contribution in [1.29, 1.82) is 0 Å². The predicted molar refractivity (Wildman–Crippen MR) is 109 cm³/mol. The maximum atomic E-state index is 12.6. The van der Waals surface area contributed by atoms with E-state index in [0.29, 0.717) is 5.69 Å². The molecule has 1 aliphatic rings. The zero-order valence-electron chi connectivity index (χ0n) is 15.4. The average Bonchev–Trinajstić information content (AvgIpc) is 2.96. The van der Waals surface area contributed by atoms with Crippen molar-refractivity contribution >= 4 is 39.0 Å². The van der Waals surface area contributed by atoms with Gasteiger partial charge in [-0.25, -0.2) is 9.97 Å². The van der Waals surface area contributed by atoms with Gasteiger partial charge >= 0.3 is 0 Å². The fourth-order valence-electron chi connectivity index (χ4n) is 3.59. The van der Waals surface area contributed by atoms with Crippen molar-refractivity contribution in [3.05, 3.63) is 41.0 Å². The summed E-state index contributed by atoms with van der Waals surface area (Å²) in [5.74, 6) is 1.10. The van der Waals surface area contributed by atoms with E-state index >= 15 is 0 Å². The number of anilines is 2. The van der Waals surface area contributed by atoms with Gasteiger partial charge in [0.05, 0.1) is 5.39 Å². The molecule has 0 spiro atoms. The number of fused-ring (bicyclic) bond motifs is 1. The molecule has 3 aromatic rings. The molecule has 6 nitrogen and oxygen atoms in total. The molecule has 2 aromatic heterocycles. The molecule has 1 amide bonds. The molecule has 0 atom stereocenters. The van der Waals surface area contributed by atoms with E-state index in [0.717, 1.165) is 42.0 Å². The van der Waals surface area contributed by atoms with E-state index in [1.54, 1.807) is 41.9 Å². The number of piperidine rings is 1. The zero-order chi connectivity index (χ0) is 19.0. The topological polar surface area (TPSA) is 78.4 Å². The predicted octanol–water partition coefficient (Wildman–Crippen LogP) is 3.87. The van der Waals surface area contributed by atoms with E-state index in [1.165, 1.54) is 10.4 Å². The minimum atomic E-state index is -0.0359. The minimum absolute atomic E-state index is 0.00985. The third-order valence-electron chi connectivity index (χ3n) is 5.22. The Hall–Kier alpha value is -2.67. The Balaban J connectivity index is 1.46. The highest BCUT2D eigenvalue weighted by Gasteiger charge is 2.27. The van der Waals surface area contributed by atoms with Crippen molar-refractivity contribution in [2.24, 2.45) is 5.92 Å². The summed E-state index contributed by atoms with van der Waals surface area (Å²) >= 11 is 1.70. The summed E-state index contributed by atoms with van der Waals surface area (Å²) in [6.45, 7) is 5.82. The highest BCUT2D eigenvalue weighted by molar-refractivity contribution is 7.18. The van der Waals surface area contributed by atoms with Gasteiger partial charge in [-0.15, -0.1) is 11.3 Å². The number of aryl methyl sites for hydroxylation is 2. The van der Waals surface area contributed by atoms with Crippen molar-refractivity contribution in [3.8, 4) is 5.75 Å². The summed E-state index contributed by atoms with van der Waals surface area (Å²) in [6, 6.07) is 6.65. The molecule has 7 heteroatoms. The van der Waals surface area contributed by atoms with Gasteiger partial charge in [0.2, 0.25) is 5.91 Å². The molecule has 27 heavy (non-hydrogen) atoms. The molecule has 2 N–H and O–H groups in total. The molecule has 1 aliphatic heterocycles. The van der Waals surface area contributed by atoms with Gasteiger partial charge in [-0.2, -0.15) is 0 Å². The molecule has 3 heterocycles. The average molecular weight is 382 g/mol. The molecular formula is C20H22N4O2S. The Morgan fingerprint density at radius 3 is 2.78 bits per heavy atom. The number of carbonyl (C=O) groups is 1. The number of rotatable bonds is 3. The standard InChI is InChI=1S/C20H22N4O2S/c1-12-13(2)27-20-17(12)18(21-11-22-20)24-8-6-14(7-9-24)19(26)23-15-4-3-5-16(25)10-15/h3-5,10-11,14,25H,6-9H2,1-2H3,(H,23,26). The quantitative estimate of drug-likeness (QED) is 0.719. The number of benzene rings is 1. The van der Waals surface area contributed by atoms with Crippen molar-refractivity contribution in [3.63, 3.8) is 0 Å². The number of aromatic nitrogens is 2. The van der Waals surface area contributed by atoms with Crippen LogP contribution in [0.2, 0.25) is 0 Å². The normalized spacial score (nSPS) is 15.3. The third kappa shape index (κ3) is 3.47. The van der Waals surface area contributed by atoms with Crippen molar-refractivity contribution in [2.75, 3.05) is 23.3 Å². The van der Waals surface area contributed by atoms with Crippen LogP contribution < -0.4 is 10.2 Å². The van der Waals surface area contributed by atoms with Crippen LogP contribution in [0, 0.1) is 19.8 Å². The van der Waals surface area contributed by atoms with Crippen LogP contribution in [0.4, 0.5) is 11.5 Å². The van der Waals surface area contributed by atoms with Crippen molar-refractivity contribution in [2.45, 2.75) is 26.7 Å². The Labute approximate surface area is 161 Å². The second-order valence-electron chi connectivity index (χ2n) is 6.96. The molecule has 0 aliphatic carbocycles. The Kier molecular flexibility index (Phi) is 4.70. The van der Waals surface area contributed by atoms with Crippen molar-refractivity contribution in [1.82, 2.24) is 9.97 Å². The number of nitrogens with zero attached hydrogens (tertiary/aromatic N) is 3. The second-order valence-corrected chi connectivity index (χ2v) is 8.16. The Morgan fingerprint density at radius 1 is 1.26 bits per heavy atom. The van der Waals surface area contributed by atoms with Gasteiger partial charge in [-0.3, -0.25) is 4.79 Å². The zero-order valence-corrected chi connectivity index (χ0v) is 16.2. The SMILES string of the molecule is Cc1sc2ncnc(N3CCC(C(=O)Nc4cccc(O)c4)CC3)c2c1C. The van der Waals surface area contributed by atoms with Gasteiger partial charge in [0.15, 0.2) is 0 Å². The number of nitrogens with one attached hydrogen (secondary N) is 1. The van der Waals surface area contributed by atoms with E-state index in [4.69, 9.17) is 0 Å². The summed E-state index contributed by atoms with van der Waals surface area (Å²) in [4.78, 5) is 26.1. The van der Waals surface area contributed by atoms with E-state index in [9.17, 15) is 9.90 Å². The number of thiophene rings is 1. The fourth-order valence-corrected chi connectivity index (χ4v) is 4.58. The highest BCUT2D eigenvalue weighted by Crippen LogP contribution is 2.35. The van der Waals surface area contributed by atoms with Crippen LogP contribution in [0.15, 0.2) is 30.6 Å². The summed E-state index contributed by atoms with van der Waals surface area (Å²) in [5, 5.41) is 13.6. The lowest BCUT2D eigenvalue weighted by Gasteiger charge is -2.32. The van der Waals surface area contributed by atoms with E-state index in [2.05, 4.69) is 34.0 Å². The smallest absolute Gasteiger partial charge is 0.227 e. The largest absolute Gasteiger partial charge is 0.508 e. The first-order chi connectivity index (χ1) is 13.0. The van der Waals surface area contributed by atoms with Gasteiger partial charge in [-0.1, -0.05) is 6.07 Å². The second kappa shape index (κ2) is 7.15. The number of phenols is 1. The first-order valence-electron chi connectivity index (χ1n) is 9.08. The van der Waals surface area contributed by atoms with Crippen LogP contribution in [-0.4, -0.2) is 34.1 Å². The molecule has 4 rings (SSSR count). The monoisotopic (exact) mass is 382 g/mol. The number of carbonyl (C=O) groups excluding carboxylic acids is 1. The van der Waals surface area contributed by atoms with Crippen LogP contribution >= 0.6 is 11.3 Å². The number of hydrogen-bond acceptors (Lipinski definition) is 6. The summed E-state index contributed by atoms with van der Waals surface area (Å²) in [7, 11) is 0. The Bertz CT molecular complexity index is 993. The number of aromatic hydroxyl groups is 1. The molecule has 140 valence electrons. The first-order valence-corrected chi connectivity index (χ1v) is 9.90. The van der Waals surface area contributed by atoms with Gasteiger partial charge < -0.3 is 15.3 Å². The fraction of sp³-hybridized carbons (Fsp3) is 0.350. The lowest BCUT2D eigenvalue weighted by atomic mass is 9.95. The summed E-state index contributed by atoms with van der Waals surface area (Å²) in [6.07, 6.45) is 3.18. The number of hydrogen-bond donors (Lipinski definition) is 2. The molecule has 1 saturated heterocycles. The van der Waals surface area contributed by atoms with E-state index in [1.807, 2.05) is 0 Å². The van der Waals surface area contributed by atoms with Gasteiger partial charge in [0, 0.05) is 35.6 Å². The number of amides is 1. The van der Waals surface area contributed by atoms with Crippen LogP contribution in [0.1, 0.15) is 23.3 Å². The molecule has 0 unspecified atom stereocenters. The minimum Gasteiger partial charge on any atom is -0.508 e. The molecule has 1 fully saturated rings. The lowest BCUT2D eigenvalue weighted by Crippen LogP contribution is -2.38. The van der Waals surface area contributed by atoms with Crippen LogP contribution in [-0.2, 0) is 4.79 Å². The first kappa shape index (κ1) is 17.7. The molecular weight excluding hydrogens is 360 g/mol. The molecule has 0 radical (unpaired) electrons. The molecule has 1 aromatic carbocycles. The lowest BCUT2D eigenvalue weighted by molar-refractivity contribution is -0.120. The Morgan fingerprint density at radius 2 is 2.04 bits per heavy atom. The maximum absolute atomic E-state index is 12.6. The third-order valence-corrected chi connectivity index (χ3v) is 6.34. The van der Waals surface area contributed by atoms with Crippen LogP contribution in [0.5, 0.6) is 5.75 Å². The van der Waals surface area contributed by atoms with E-state index in [-0.39, 0.29) is 17.6 Å². The van der Waals surface area contributed by atoms with Gasteiger partial charge in [-0.05, 0) is 44.4 Å². The van der Waals surface area contributed by atoms with Gasteiger partial charge in [0.25, 0.3) is 0 Å². The van der Waals surface area contributed by atoms with Crippen molar-refractivity contribution < 1.29 is 9.90 Å². The maximum Gasteiger partial charge on any atom is 0.227 e. The van der Waals surface area contributed by atoms with Crippen LogP contribution in [0.3, 0.4) is 0 Å². The molecule has 0 bridgehead atoms. The van der Waals surface area contributed by atoms with E-state index < -0.39 is 0 Å². The summed E-state index contributed by atoms with van der Waals surface area (Å²) in [5.41, 5.74) is 1.87. The summed E-state index contributed by atoms with van der Waals surface area (Å²) < 4.78 is 0. The van der Waals surface area contributed by atoms with Gasteiger partial charge in [0.1, 0.15) is 22.7 Å². The highest BCUT2D eigenvalue weighted by atomic mass is 32.1. The number of phenolic OH excluding ortho intramolecular Hbond substituents is 1.